The van der Waals surface area contributed by atoms with Gasteiger partial charge in [-0.1, -0.05) is 51.9 Å². The summed E-state index contributed by atoms with van der Waals surface area (Å²) in [7, 11) is 0. The highest BCUT2D eigenvalue weighted by molar-refractivity contribution is 8.00. The van der Waals surface area contributed by atoms with Crippen molar-refractivity contribution in [3.8, 4) is 0 Å². The van der Waals surface area contributed by atoms with Gasteiger partial charge in [0, 0.05) is 24.0 Å². The molecule has 2 atom stereocenters. The molecular weight excluding hydrogens is 392 g/mol. The molecule has 0 aliphatic carbocycles. The van der Waals surface area contributed by atoms with E-state index in [4.69, 9.17) is 9.94 Å². The molecule has 0 aromatic carbocycles. The minimum atomic E-state index is -0.575. The molecule has 0 spiro atoms. The van der Waals surface area contributed by atoms with Crippen molar-refractivity contribution < 1.29 is 24.3 Å². The molecule has 0 heterocycles. The van der Waals surface area contributed by atoms with Crippen LogP contribution in [0.25, 0.3) is 0 Å². The number of hydroxylamine groups is 1. The van der Waals surface area contributed by atoms with Gasteiger partial charge in [0.2, 0.25) is 11.8 Å². The fourth-order valence-electron chi connectivity index (χ4n) is 2.99. The Labute approximate surface area is 180 Å². The summed E-state index contributed by atoms with van der Waals surface area (Å²) >= 11 is 1.56. The maximum Gasteiger partial charge on any atom is 0.302 e. The average molecular weight is 433 g/mol. The van der Waals surface area contributed by atoms with Gasteiger partial charge in [-0.15, -0.1) is 0 Å². The van der Waals surface area contributed by atoms with Crippen LogP contribution in [0.2, 0.25) is 0 Å². The van der Waals surface area contributed by atoms with Crippen LogP contribution >= 0.6 is 11.8 Å². The highest BCUT2D eigenvalue weighted by atomic mass is 32.2. The third-order valence-corrected chi connectivity index (χ3v) is 6.56. The lowest BCUT2D eigenvalue weighted by atomic mass is 9.94. The van der Waals surface area contributed by atoms with Crippen molar-refractivity contribution in [2.45, 2.75) is 96.3 Å². The molecule has 0 aromatic heterocycles. The number of nitrogens with one attached hydrogen (secondary N) is 2. The zero-order chi connectivity index (χ0) is 22.3. The minimum absolute atomic E-state index is 0.0713. The van der Waals surface area contributed by atoms with Crippen LogP contribution in [0.15, 0.2) is 0 Å². The van der Waals surface area contributed by atoms with Crippen LogP contribution < -0.4 is 10.8 Å². The van der Waals surface area contributed by atoms with Crippen molar-refractivity contribution in [1.29, 1.82) is 0 Å². The van der Waals surface area contributed by atoms with Crippen LogP contribution in [0.1, 0.15) is 85.5 Å². The van der Waals surface area contributed by atoms with Crippen molar-refractivity contribution >= 4 is 29.5 Å². The molecule has 3 N–H and O–H groups in total. The molecule has 7 nitrogen and oxygen atoms in total. The standard InChI is InChI=1S/C21H40N2O5S/c1-6-7-8-9-10-11-12-13-17(14-19(25)23-27)20(26)22-18(15-28-16(2)24)21(3,4)29-5/h17-18,27H,6-15H2,1-5H3,(H,22,26)(H,23,25). The zero-order valence-corrected chi connectivity index (χ0v) is 19.5. The SMILES string of the molecule is CCCCCCCCCC(CC(=O)NO)C(=O)NC(COC(C)=O)C(C)(C)SC. The number of carbonyl (C=O) groups is 3. The van der Waals surface area contributed by atoms with E-state index < -0.39 is 17.8 Å². The van der Waals surface area contributed by atoms with E-state index >= 15 is 0 Å². The highest BCUT2D eigenvalue weighted by Gasteiger charge is 2.33. The van der Waals surface area contributed by atoms with Crippen LogP contribution in [-0.4, -0.2) is 46.6 Å². The van der Waals surface area contributed by atoms with E-state index in [1.165, 1.54) is 32.6 Å². The van der Waals surface area contributed by atoms with Gasteiger partial charge in [0.05, 0.1) is 6.04 Å². The third-order valence-electron chi connectivity index (χ3n) is 5.22. The van der Waals surface area contributed by atoms with E-state index in [9.17, 15) is 14.4 Å². The van der Waals surface area contributed by atoms with Gasteiger partial charge in [-0.05, 0) is 26.5 Å². The topological polar surface area (TPSA) is 105 Å². The van der Waals surface area contributed by atoms with Crippen LogP contribution in [-0.2, 0) is 19.1 Å². The first kappa shape index (κ1) is 27.7. The first-order valence-electron chi connectivity index (χ1n) is 10.6. The molecule has 0 aliphatic heterocycles. The monoisotopic (exact) mass is 432 g/mol. The number of rotatable bonds is 16. The number of hydrogen-bond donors (Lipinski definition) is 3. The molecule has 0 fully saturated rings. The number of unbranched alkanes of at least 4 members (excludes halogenated alkanes) is 6. The number of ether oxygens (including phenoxy) is 1. The van der Waals surface area contributed by atoms with Gasteiger partial charge >= 0.3 is 5.97 Å². The van der Waals surface area contributed by atoms with E-state index in [2.05, 4.69) is 12.2 Å². The maximum absolute atomic E-state index is 12.9. The summed E-state index contributed by atoms with van der Waals surface area (Å²) in [5.41, 5.74) is 1.62. The molecular formula is C21H40N2O5S. The van der Waals surface area contributed by atoms with Crippen molar-refractivity contribution in [3.63, 3.8) is 0 Å². The third kappa shape index (κ3) is 12.8. The largest absolute Gasteiger partial charge is 0.464 e. The average Bonchev–Trinajstić information content (AvgIpc) is 2.68. The lowest BCUT2D eigenvalue weighted by Gasteiger charge is -2.34. The molecule has 0 bridgehead atoms. The Kier molecular flexibility index (Phi) is 14.9. The molecule has 0 radical (unpaired) electrons. The van der Waals surface area contributed by atoms with Crippen molar-refractivity contribution in [2.75, 3.05) is 12.9 Å². The Hall–Kier alpha value is -1.28. The molecule has 2 amide bonds. The van der Waals surface area contributed by atoms with Crippen LogP contribution in [0.4, 0.5) is 0 Å². The normalized spacial score (nSPS) is 13.4. The summed E-state index contributed by atoms with van der Waals surface area (Å²) in [6, 6.07) is -0.386. The predicted molar refractivity (Wildman–Crippen MR) is 117 cm³/mol. The van der Waals surface area contributed by atoms with E-state index in [-0.39, 0.29) is 29.7 Å². The van der Waals surface area contributed by atoms with E-state index in [1.807, 2.05) is 20.1 Å². The molecule has 170 valence electrons. The maximum atomic E-state index is 12.9. The van der Waals surface area contributed by atoms with Crippen LogP contribution in [0.3, 0.4) is 0 Å². The van der Waals surface area contributed by atoms with Crippen molar-refractivity contribution in [3.05, 3.63) is 0 Å². The molecule has 0 saturated carbocycles. The number of esters is 1. The van der Waals surface area contributed by atoms with Gasteiger partial charge in [0.25, 0.3) is 0 Å². The second-order valence-corrected chi connectivity index (χ2v) is 9.48. The number of thioether (sulfide) groups is 1. The Balaban J connectivity index is 4.87. The first-order valence-corrected chi connectivity index (χ1v) is 11.8. The summed E-state index contributed by atoms with van der Waals surface area (Å²) in [6.07, 6.45) is 10.3. The van der Waals surface area contributed by atoms with E-state index in [1.54, 1.807) is 17.2 Å². The lowest BCUT2D eigenvalue weighted by molar-refractivity contribution is -0.143. The molecule has 8 heteroatoms. The Morgan fingerprint density at radius 2 is 1.66 bits per heavy atom. The number of amides is 2. The smallest absolute Gasteiger partial charge is 0.302 e. The number of carbonyl (C=O) groups excluding carboxylic acids is 3. The summed E-state index contributed by atoms with van der Waals surface area (Å²) in [4.78, 5) is 35.8. The van der Waals surface area contributed by atoms with Crippen LogP contribution in [0.5, 0.6) is 0 Å². The Bertz CT molecular complexity index is 499. The van der Waals surface area contributed by atoms with Gasteiger partial charge in [-0.2, -0.15) is 11.8 Å². The van der Waals surface area contributed by atoms with Crippen LogP contribution in [0, 0.1) is 5.92 Å². The van der Waals surface area contributed by atoms with Gasteiger partial charge < -0.3 is 10.1 Å². The quantitative estimate of drug-likeness (QED) is 0.148. The predicted octanol–water partition coefficient (Wildman–Crippen LogP) is 3.83. The zero-order valence-electron chi connectivity index (χ0n) is 18.7. The summed E-state index contributed by atoms with van der Waals surface area (Å²) in [6.45, 7) is 7.53. The highest BCUT2D eigenvalue weighted by Crippen LogP contribution is 2.27. The van der Waals surface area contributed by atoms with E-state index in [0.717, 1.165) is 19.3 Å². The first-order chi connectivity index (χ1) is 13.7. The Morgan fingerprint density at radius 3 is 2.17 bits per heavy atom. The summed E-state index contributed by atoms with van der Waals surface area (Å²) in [5.74, 6) is -1.76. The van der Waals surface area contributed by atoms with Gasteiger partial charge in [0.15, 0.2) is 0 Å². The lowest BCUT2D eigenvalue weighted by Crippen LogP contribution is -2.52. The molecule has 0 saturated heterocycles. The van der Waals surface area contributed by atoms with Gasteiger partial charge in [0.1, 0.15) is 6.61 Å². The summed E-state index contributed by atoms with van der Waals surface area (Å²) < 4.78 is 4.78. The molecule has 0 aliphatic rings. The molecule has 29 heavy (non-hydrogen) atoms. The Morgan fingerprint density at radius 1 is 1.07 bits per heavy atom. The fraction of sp³-hybridized carbons (Fsp3) is 0.857. The second-order valence-electron chi connectivity index (χ2n) is 8.02. The fourth-order valence-corrected chi connectivity index (χ4v) is 3.40. The van der Waals surface area contributed by atoms with Crippen molar-refractivity contribution in [1.82, 2.24) is 10.8 Å². The van der Waals surface area contributed by atoms with Crippen molar-refractivity contribution in [2.24, 2.45) is 5.92 Å². The number of hydrogen-bond acceptors (Lipinski definition) is 6. The van der Waals surface area contributed by atoms with Gasteiger partial charge in [-0.3, -0.25) is 19.6 Å². The minimum Gasteiger partial charge on any atom is -0.464 e. The summed E-state index contributed by atoms with van der Waals surface area (Å²) in [5, 5.41) is 11.8. The molecule has 0 aromatic rings. The second kappa shape index (κ2) is 15.5. The van der Waals surface area contributed by atoms with E-state index in [0.29, 0.717) is 6.42 Å². The van der Waals surface area contributed by atoms with Gasteiger partial charge in [-0.25, -0.2) is 5.48 Å². The molecule has 0 rings (SSSR count). The molecule has 2 unspecified atom stereocenters.